The van der Waals surface area contributed by atoms with Crippen molar-refractivity contribution in [2.24, 2.45) is 5.73 Å². The Balaban J connectivity index is 2.23. The van der Waals surface area contributed by atoms with E-state index in [1.165, 1.54) is 17.0 Å². The van der Waals surface area contributed by atoms with Crippen molar-refractivity contribution in [3.8, 4) is 11.4 Å². The highest BCUT2D eigenvalue weighted by Gasteiger charge is 2.32. The fourth-order valence-corrected chi connectivity index (χ4v) is 2.92. The van der Waals surface area contributed by atoms with E-state index < -0.39 is 36.8 Å². The number of nitrogens with two attached hydrogens (primary N) is 1. The molecule has 0 bridgehead atoms. The SMILES string of the molecule is CC(Cl)CCN(Cc1ccc(-c2ncon2)cc1F)[C@H](CCC(F)(F)F)C(N)=O. The van der Waals surface area contributed by atoms with Gasteiger partial charge in [-0.15, -0.1) is 11.6 Å². The Morgan fingerprint density at radius 2 is 2.07 bits per heavy atom. The molecule has 0 saturated carbocycles. The molecule has 1 heterocycles. The van der Waals surface area contributed by atoms with Crippen molar-refractivity contribution in [2.45, 2.75) is 50.3 Å². The second kappa shape index (κ2) is 10.0. The summed E-state index contributed by atoms with van der Waals surface area (Å²) in [6.07, 6.45) is -4.63. The van der Waals surface area contributed by atoms with Crippen LogP contribution in [0.3, 0.4) is 0 Å². The highest BCUT2D eigenvalue weighted by atomic mass is 35.5. The molecule has 1 aromatic heterocycles. The van der Waals surface area contributed by atoms with Crippen LogP contribution < -0.4 is 5.73 Å². The topological polar surface area (TPSA) is 85.2 Å². The molecule has 11 heteroatoms. The molecule has 6 nitrogen and oxygen atoms in total. The third-order valence-electron chi connectivity index (χ3n) is 4.33. The fourth-order valence-electron chi connectivity index (χ4n) is 2.83. The van der Waals surface area contributed by atoms with E-state index in [0.29, 0.717) is 12.0 Å². The van der Waals surface area contributed by atoms with Crippen molar-refractivity contribution in [3.05, 3.63) is 36.0 Å². The molecule has 2 rings (SSSR count). The number of hydrogen-bond acceptors (Lipinski definition) is 5. The number of alkyl halides is 4. The molecule has 0 saturated heterocycles. The minimum absolute atomic E-state index is 0.104. The number of hydrogen-bond donors (Lipinski definition) is 1. The summed E-state index contributed by atoms with van der Waals surface area (Å²) in [5, 5.41) is 3.34. The highest BCUT2D eigenvalue weighted by molar-refractivity contribution is 6.20. The van der Waals surface area contributed by atoms with E-state index in [0.717, 1.165) is 6.39 Å². The molecular formula is C18H21ClF4N4O2. The van der Waals surface area contributed by atoms with Gasteiger partial charge in [-0.25, -0.2) is 4.39 Å². The normalized spacial score (nSPS) is 14.2. The van der Waals surface area contributed by atoms with Gasteiger partial charge in [-0.2, -0.15) is 18.2 Å². The van der Waals surface area contributed by atoms with Gasteiger partial charge in [-0.1, -0.05) is 17.3 Å². The molecular weight excluding hydrogens is 416 g/mol. The summed E-state index contributed by atoms with van der Waals surface area (Å²) in [6, 6.07) is 3.00. The molecule has 0 fully saturated rings. The van der Waals surface area contributed by atoms with Crippen LogP contribution in [0.25, 0.3) is 11.4 Å². The quantitative estimate of drug-likeness (QED) is 0.451. The van der Waals surface area contributed by atoms with Gasteiger partial charge in [0.1, 0.15) is 5.82 Å². The first-order chi connectivity index (χ1) is 13.6. The Kier molecular flexibility index (Phi) is 7.97. The van der Waals surface area contributed by atoms with Crippen LogP contribution in [0.5, 0.6) is 0 Å². The average molecular weight is 437 g/mol. The van der Waals surface area contributed by atoms with Gasteiger partial charge in [0.15, 0.2) is 0 Å². The minimum Gasteiger partial charge on any atom is -0.368 e. The lowest BCUT2D eigenvalue weighted by atomic mass is 10.0. The molecule has 1 amide bonds. The second-order valence-electron chi connectivity index (χ2n) is 6.67. The molecule has 0 spiro atoms. The maximum absolute atomic E-state index is 14.6. The van der Waals surface area contributed by atoms with Crippen molar-refractivity contribution < 1.29 is 26.9 Å². The van der Waals surface area contributed by atoms with E-state index in [4.69, 9.17) is 17.3 Å². The van der Waals surface area contributed by atoms with Crippen LogP contribution in [-0.2, 0) is 11.3 Å². The number of rotatable bonds is 10. The molecule has 2 N–H and O–H groups in total. The van der Waals surface area contributed by atoms with Crippen molar-refractivity contribution in [1.29, 1.82) is 0 Å². The van der Waals surface area contributed by atoms with E-state index >= 15 is 0 Å². The first kappa shape index (κ1) is 23.1. The summed E-state index contributed by atoms with van der Waals surface area (Å²) in [5.74, 6) is -1.32. The number of nitrogens with zero attached hydrogens (tertiary/aromatic N) is 3. The summed E-state index contributed by atoms with van der Waals surface area (Å²) in [4.78, 5) is 17.1. The molecule has 1 aromatic carbocycles. The molecule has 1 unspecified atom stereocenters. The third kappa shape index (κ3) is 7.28. The van der Waals surface area contributed by atoms with Gasteiger partial charge in [0.05, 0.1) is 6.04 Å². The predicted molar refractivity (Wildman–Crippen MR) is 98.3 cm³/mol. The number of primary amides is 1. The van der Waals surface area contributed by atoms with Gasteiger partial charge in [-0.3, -0.25) is 9.69 Å². The largest absolute Gasteiger partial charge is 0.389 e. The number of amides is 1. The molecule has 0 radical (unpaired) electrons. The van der Waals surface area contributed by atoms with Crippen molar-refractivity contribution >= 4 is 17.5 Å². The number of halogens is 5. The van der Waals surface area contributed by atoms with Gasteiger partial charge >= 0.3 is 6.18 Å². The summed E-state index contributed by atoms with van der Waals surface area (Å²) < 4.78 is 57.2. The van der Waals surface area contributed by atoms with Crippen LogP contribution >= 0.6 is 11.6 Å². The van der Waals surface area contributed by atoms with E-state index in [1.54, 1.807) is 13.0 Å². The summed E-state index contributed by atoms with van der Waals surface area (Å²) >= 11 is 5.95. The van der Waals surface area contributed by atoms with Crippen LogP contribution in [0.2, 0.25) is 0 Å². The van der Waals surface area contributed by atoms with Crippen LogP contribution in [0.4, 0.5) is 17.6 Å². The predicted octanol–water partition coefficient (Wildman–Crippen LogP) is 3.89. The lowest BCUT2D eigenvalue weighted by Crippen LogP contribution is -2.45. The highest BCUT2D eigenvalue weighted by Crippen LogP contribution is 2.26. The molecule has 0 aliphatic rings. The molecule has 2 aromatic rings. The minimum atomic E-state index is -4.43. The van der Waals surface area contributed by atoms with Crippen LogP contribution in [0.15, 0.2) is 29.1 Å². The monoisotopic (exact) mass is 436 g/mol. The zero-order chi connectivity index (χ0) is 21.6. The number of aromatic nitrogens is 2. The summed E-state index contributed by atoms with van der Waals surface area (Å²) in [7, 11) is 0. The maximum atomic E-state index is 14.6. The van der Waals surface area contributed by atoms with E-state index in [9.17, 15) is 22.4 Å². The first-order valence-corrected chi connectivity index (χ1v) is 9.30. The maximum Gasteiger partial charge on any atom is 0.389 e. The standard InChI is InChI=1S/C18H21ClF4N4O2/c1-11(19)5-7-27(15(16(24)28)4-6-18(21,22)23)9-13-3-2-12(8-14(13)20)17-25-10-29-26-17/h2-3,8,10-11,15H,4-7,9H2,1H3,(H2,24,28)/t11?,15-/m1/s1. The van der Waals surface area contributed by atoms with Gasteiger partial charge in [0.25, 0.3) is 0 Å². The van der Waals surface area contributed by atoms with Gasteiger partial charge in [-0.05, 0) is 25.8 Å². The Labute approximate surface area is 170 Å². The van der Waals surface area contributed by atoms with Gasteiger partial charge in [0.2, 0.25) is 18.1 Å². The number of carbonyl (C=O) groups is 1. The van der Waals surface area contributed by atoms with Crippen molar-refractivity contribution in [1.82, 2.24) is 15.0 Å². The van der Waals surface area contributed by atoms with Gasteiger partial charge in [0, 0.05) is 36.0 Å². The smallest absolute Gasteiger partial charge is 0.368 e. The van der Waals surface area contributed by atoms with Crippen LogP contribution in [-0.4, -0.2) is 45.1 Å². The Morgan fingerprint density at radius 3 is 2.59 bits per heavy atom. The van der Waals surface area contributed by atoms with E-state index in [-0.39, 0.29) is 29.9 Å². The summed E-state index contributed by atoms with van der Waals surface area (Å²) in [5.41, 5.74) is 5.92. The van der Waals surface area contributed by atoms with Crippen LogP contribution in [0, 0.1) is 5.82 Å². The lowest BCUT2D eigenvalue weighted by molar-refractivity contribution is -0.141. The van der Waals surface area contributed by atoms with Crippen molar-refractivity contribution in [3.63, 3.8) is 0 Å². The lowest BCUT2D eigenvalue weighted by Gasteiger charge is -2.30. The Hall–Kier alpha value is -2.20. The third-order valence-corrected chi connectivity index (χ3v) is 4.55. The first-order valence-electron chi connectivity index (χ1n) is 8.86. The van der Waals surface area contributed by atoms with Crippen LogP contribution in [0.1, 0.15) is 31.7 Å². The molecule has 160 valence electrons. The Bertz CT molecular complexity index is 800. The molecule has 2 atom stereocenters. The molecule has 0 aliphatic carbocycles. The van der Waals surface area contributed by atoms with Gasteiger partial charge < -0.3 is 10.3 Å². The Morgan fingerprint density at radius 1 is 1.34 bits per heavy atom. The number of benzene rings is 1. The molecule has 29 heavy (non-hydrogen) atoms. The van der Waals surface area contributed by atoms with E-state index in [2.05, 4.69) is 14.7 Å². The fraction of sp³-hybridized carbons (Fsp3) is 0.500. The zero-order valence-corrected chi connectivity index (χ0v) is 16.4. The molecule has 0 aliphatic heterocycles. The average Bonchev–Trinajstić information content (AvgIpc) is 3.14. The van der Waals surface area contributed by atoms with E-state index in [1.807, 2.05) is 0 Å². The zero-order valence-electron chi connectivity index (χ0n) is 15.6. The summed E-state index contributed by atoms with van der Waals surface area (Å²) in [6.45, 7) is 1.80. The second-order valence-corrected chi connectivity index (χ2v) is 7.42. The number of carbonyl (C=O) groups excluding carboxylic acids is 1. The van der Waals surface area contributed by atoms with Crippen molar-refractivity contribution in [2.75, 3.05) is 6.54 Å².